The van der Waals surface area contributed by atoms with Gasteiger partial charge < -0.3 is 14.8 Å². The minimum atomic E-state index is -3.52. The summed E-state index contributed by atoms with van der Waals surface area (Å²) in [6.07, 6.45) is 5.29. The molecule has 0 spiro atoms. The lowest BCUT2D eigenvalue weighted by molar-refractivity contribution is -0.118. The van der Waals surface area contributed by atoms with Crippen LogP contribution in [0, 0.1) is 5.92 Å². The van der Waals surface area contributed by atoms with Crippen molar-refractivity contribution in [3.63, 3.8) is 0 Å². The molecule has 1 aliphatic carbocycles. The van der Waals surface area contributed by atoms with E-state index in [4.69, 9.17) is 9.47 Å². The standard InChI is InChI=1S/C24H29N3O5S2/c1-3-32-15-34(29,30)18-10-8-17(9-11-18)19(14-16-6-4-5-7-16)22(28)27-24-25-20-12-13-21(31-2)26-23(20)33-24/h8-13,16,19H,3-7,14-15H2,1-2H3,(H,25,27,28). The molecular weight excluding hydrogens is 474 g/mol. The number of hydrogen-bond acceptors (Lipinski definition) is 8. The van der Waals surface area contributed by atoms with Gasteiger partial charge in [-0.3, -0.25) is 4.79 Å². The maximum absolute atomic E-state index is 13.4. The Morgan fingerprint density at radius 2 is 1.88 bits per heavy atom. The van der Waals surface area contributed by atoms with Crippen molar-refractivity contribution in [1.29, 1.82) is 0 Å². The minimum absolute atomic E-state index is 0.150. The van der Waals surface area contributed by atoms with Crippen molar-refractivity contribution < 1.29 is 22.7 Å². The Morgan fingerprint density at radius 1 is 1.15 bits per heavy atom. The third kappa shape index (κ3) is 5.73. The highest BCUT2D eigenvalue weighted by Gasteiger charge is 2.28. The van der Waals surface area contributed by atoms with Gasteiger partial charge in [0, 0.05) is 12.7 Å². The Kier molecular flexibility index (Phi) is 7.80. The Balaban J connectivity index is 1.56. The highest BCUT2D eigenvalue weighted by Crippen LogP contribution is 2.36. The molecule has 1 N–H and O–H groups in total. The molecule has 0 bridgehead atoms. The lowest BCUT2D eigenvalue weighted by atomic mass is 9.87. The smallest absolute Gasteiger partial charge is 0.233 e. The number of rotatable bonds is 10. The van der Waals surface area contributed by atoms with Crippen molar-refractivity contribution in [2.24, 2.45) is 5.92 Å². The topological polar surface area (TPSA) is 107 Å². The molecule has 0 saturated heterocycles. The summed E-state index contributed by atoms with van der Waals surface area (Å²) in [6, 6.07) is 10.1. The monoisotopic (exact) mass is 503 g/mol. The van der Waals surface area contributed by atoms with Gasteiger partial charge >= 0.3 is 0 Å². The van der Waals surface area contributed by atoms with Crippen molar-refractivity contribution in [3.8, 4) is 5.88 Å². The normalized spacial score (nSPS) is 15.5. The van der Waals surface area contributed by atoms with Crippen LogP contribution in [0.4, 0.5) is 5.13 Å². The Labute approximate surface area is 203 Å². The zero-order chi connectivity index (χ0) is 24.1. The van der Waals surface area contributed by atoms with E-state index >= 15 is 0 Å². The first kappa shape index (κ1) is 24.6. The van der Waals surface area contributed by atoms with Crippen LogP contribution in [-0.4, -0.2) is 43.9 Å². The molecule has 1 unspecified atom stereocenters. The van der Waals surface area contributed by atoms with Crippen molar-refractivity contribution in [1.82, 2.24) is 9.97 Å². The van der Waals surface area contributed by atoms with E-state index in [1.165, 1.54) is 24.2 Å². The fourth-order valence-electron chi connectivity index (χ4n) is 4.30. The van der Waals surface area contributed by atoms with Crippen LogP contribution >= 0.6 is 11.3 Å². The predicted octanol–water partition coefficient (Wildman–Crippen LogP) is 4.77. The number of ether oxygens (including phenoxy) is 2. The second-order valence-corrected chi connectivity index (χ2v) is 11.3. The third-order valence-corrected chi connectivity index (χ3v) is 8.46. The highest BCUT2D eigenvalue weighted by atomic mass is 32.2. The number of nitrogens with zero attached hydrogens (tertiary/aromatic N) is 2. The van der Waals surface area contributed by atoms with Gasteiger partial charge in [0.1, 0.15) is 10.3 Å². The summed E-state index contributed by atoms with van der Waals surface area (Å²) in [6.45, 7) is 2.08. The number of hydrogen-bond donors (Lipinski definition) is 1. The van der Waals surface area contributed by atoms with E-state index in [1.54, 1.807) is 44.4 Å². The Morgan fingerprint density at radius 3 is 2.56 bits per heavy atom. The molecule has 8 nitrogen and oxygen atoms in total. The van der Waals surface area contributed by atoms with Gasteiger partial charge in [0.2, 0.25) is 21.6 Å². The third-order valence-electron chi connectivity index (χ3n) is 6.11. The van der Waals surface area contributed by atoms with E-state index in [0.717, 1.165) is 18.4 Å². The lowest BCUT2D eigenvalue weighted by Crippen LogP contribution is -2.23. The molecule has 0 radical (unpaired) electrons. The Hall–Kier alpha value is -2.56. The van der Waals surface area contributed by atoms with E-state index in [2.05, 4.69) is 15.3 Å². The molecule has 4 rings (SSSR count). The summed E-state index contributed by atoms with van der Waals surface area (Å²) in [4.78, 5) is 23.1. The largest absolute Gasteiger partial charge is 0.481 e. The first-order valence-electron chi connectivity index (χ1n) is 11.4. The first-order valence-corrected chi connectivity index (χ1v) is 13.9. The van der Waals surface area contributed by atoms with E-state index in [-0.39, 0.29) is 16.7 Å². The molecule has 1 saturated carbocycles. The van der Waals surface area contributed by atoms with Gasteiger partial charge in [-0.25, -0.2) is 18.4 Å². The molecule has 10 heteroatoms. The van der Waals surface area contributed by atoms with Crippen LogP contribution in [0.3, 0.4) is 0 Å². The van der Waals surface area contributed by atoms with Gasteiger partial charge in [0.25, 0.3) is 0 Å². The molecule has 0 aliphatic heterocycles. The number of methoxy groups -OCH3 is 1. The van der Waals surface area contributed by atoms with Gasteiger partial charge in [-0.05, 0) is 43.0 Å². The predicted molar refractivity (Wildman–Crippen MR) is 132 cm³/mol. The molecule has 1 amide bonds. The molecule has 182 valence electrons. The lowest BCUT2D eigenvalue weighted by Gasteiger charge is -2.20. The van der Waals surface area contributed by atoms with Crippen molar-refractivity contribution in [2.75, 3.05) is 25.0 Å². The molecule has 3 aromatic rings. The van der Waals surface area contributed by atoms with Crippen LogP contribution in [0.25, 0.3) is 10.3 Å². The quantitative estimate of drug-likeness (QED) is 0.425. The number of pyridine rings is 1. The SMILES string of the molecule is CCOCS(=O)(=O)c1ccc(C(CC2CCCC2)C(=O)Nc2nc3ccc(OC)nc3s2)cc1. The average molecular weight is 504 g/mol. The average Bonchev–Trinajstić information content (AvgIpc) is 3.50. The van der Waals surface area contributed by atoms with E-state index in [1.807, 2.05) is 6.07 Å². The fraction of sp³-hybridized carbons (Fsp3) is 0.458. The second-order valence-electron chi connectivity index (χ2n) is 8.42. The maximum atomic E-state index is 13.4. The van der Waals surface area contributed by atoms with Crippen LogP contribution in [0.5, 0.6) is 5.88 Å². The molecule has 34 heavy (non-hydrogen) atoms. The van der Waals surface area contributed by atoms with Gasteiger partial charge in [-0.2, -0.15) is 0 Å². The van der Waals surface area contributed by atoms with E-state index in [9.17, 15) is 13.2 Å². The van der Waals surface area contributed by atoms with Crippen molar-refractivity contribution >= 4 is 42.6 Å². The summed E-state index contributed by atoms with van der Waals surface area (Å²) in [5, 5.41) is 3.44. The minimum Gasteiger partial charge on any atom is -0.481 e. The van der Waals surface area contributed by atoms with Gasteiger partial charge in [0.15, 0.2) is 11.1 Å². The number of amides is 1. The van der Waals surface area contributed by atoms with Crippen LogP contribution in [-0.2, 0) is 19.4 Å². The number of anilines is 1. The molecule has 2 aromatic heterocycles. The number of fused-ring (bicyclic) bond motifs is 1. The second kappa shape index (κ2) is 10.8. The summed E-state index contributed by atoms with van der Waals surface area (Å²) >= 11 is 1.30. The van der Waals surface area contributed by atoms with E-state index in [0.29, 0.717) is 40.3 Å². The zero-order valence-corrected chi connectivity index (χ0v) is 21.0. The van der Waals surface area contributed by atoms with E-state index < -0.39 is 15.8 Å². The molecule has 1 aliphatic rings. The maximum Gasteiger partial charge on any atom is 0.233 e. The first-order chi connectivity index (χ1) is 16.4. The molecule has 1 fully saturated rings. The van der Waals surface area contributed by atoms with Gasteiger partial charge in [0.05, 0.1) is 17.9 Å². The Bertz CT molecular complexity index is 1240. The summed E-state index contributed by atoms with van der Waals surface area (Å²) in [5.41, 5.74) is 1.48. The summed E-state index contributed by atoms with van der Waals surface area (Å²) in [5.74, 6) is 0.0562. The zero-order valence-electron chi connectivity index (χ0n) is 19.3. The molecule has 2 heterocycles. The number of sulfone groups is 1. The van der Waals surface area contributed by atoms with Gasteiger partial charge in [-0.15, -0.1) is 0 Å². The number of carbonyl (C=O) groups excluding carboxylic acids is 1. The molecular formula is C24H29N3O5S2. The number of benzene rings is 1. The summed E-state index contributed by atoms with van der Waals surface area (Å²) in [7, 11) is -1.97. The molecule has 1 atom stereocenters. The number of carbonyl (C=O) groups is 1. The number of nitrogens with one attached hydrogen (secondary N) is 1. The van der Waals surface area contributed by atoms with Crippen LogP contribution in [0.15, 0.2) is 41.3 Å². The van der Waals surface area contributed by atoms with Crippen molar-refractivity contribution in [2.45, 2.75) is 49.8 Å². The highest BCUT2D eigenvalue weighted by molar-refractivity contribution is 7.91. The van der Waals surface area contributed by atoms with Gasteiger partial charge in [-0.1, -0.05) is 49.2 Å². The van der Waals surface area contributed by atoms with Crippen molar-refractivity contribution in [3.05, 3.63) is 42.0 Å². The summed E-state index contributed by atoms with van der Waals surface area (Å²) < 4.78 is 35.1. The van der Waals surface area contributed by atoms with Crippen LogP contribution < -0.4 is 10.1 Å². The number of aromatic nitrogens is 2. The van der Waals surface area contributed by atoms with Crippen LogP contribution in [0.2, 0.25) is 0 Å². The van der Waals surface area contributed by atoms with Crippen LogP contribution in [0.1, 0.15) is 50.5 Å². The molecule has 1 aromatic carbocycles. The fourth-order valence-corrected chi connectivity index (χ4v) is 6.21. The number of thiazole rings is 1.